The van der Waals surface area contributed by atoms with Gasteiger partial charge in [0, 0.05) is 29.9 Å². The highest BCUT2D eigenvalue weighted by atomic mass is 16.1. The number of rotatable bonds is 5. The Kier molecular flexibility index (Phi) is 4.60. The Bertz CT molecular complexity index is 867. The van der Waals surface area contributed by atoms with Crippen LogP contribution in [0.3, 0.4) is 0 Å². The van der Waals surface area contributed by atoms with Gasteiger partial charge < -0.3 is 9.88 Å². The molecule has 0 saturated carbocycles. The van der Waals surface area contributed by atoms with Crippen molar-refractivity contribution in [3.8, 4) is 11.4 Å². The number of amides is 1. The van der Waals surface area contributed by atoms with E-state index in [0.29, 0.717) is 12.1 Å². The Morgan fingerprint density at radius 3 is 2.83 bits per heavy atom. The molecule has 5 heteroatoms. The lowest BCUT2D eigenvalue weighted by molar-refractivity contribution is 0.0953. The van der Waals surface area contributed by atoms with Crippen LogP contribution in [0.15, 0.2) is 42.6 Å². The number of benzene rings is 1. The zero-order chi connectivity index (χ0) is 17.1. The highest BCUT2D eigenvalue weighted by Gasteiger charge is 2.16. The quantitative estimate of drug-likeness (QED) is 0.777. The second kappa shape index (κ2) is 6.83. The first-order valence-corrected chi connectivity index (χ1v) is 8.33. The summed E-state index contributed by atoms with van der Waals surface area (Å²) in [7, 11) is 0. The van der Waals surface area contributed by atoms with Gasteiger partial charge in [0.2, 0.25) is 0 Å². The third-order valence-corrected chi connectivity index (χ3v) is 3.88. The van der Waals surface area contributed by atoms with Gasteiger partial charge in [-0.05, 0) is 44.5 Å². The van der Waals surface area contributed by atoms with E-state index < -0.39 is 0 Å². The summed E-state index contributed by atoms with van der Waals surface area (Å²) in [6, 6.07) is 11.7. The van der Waals surface area contributed by atoms with Crippen molar-refractivity contribution in [1.82, 2.24) is 19.9 Å². The van der Waals surface area contributed by atoms with Crippen molar-refractivity contribution < 1.29 is 4.79 Å². The van der Waals surface area contributed by atoms with E-state index >= 15 is 0 Å². The summed E-state index contributed by atoms with van der Waals surface area (Å²) >= 11 is 0. The van der Waals surface area contributed by atoms with E-state index in [1.807, 2.05) is 43.3 Å². The fourth-order valence-corrected chi connectivity index (χ4v) is 2.76. The van der Waals surface area contributed by atoms with Crippen LogP contribution in [-0.4, -0.2) is 27.0 Å². The normalized spacial score (nSPS) is 11.2. The highest BCUT2D eigenvalue weighted by molar-refractivity contribution is 5.95. The largest absolute Gasteiger partial charge is 0.352 e. The number of imidazole rings is 1. The van der Waals surface area contributed by atoms with E-state index in [1.54, 1.807) is 6.20 Å². The van der Waals surface area contributed by atoms with E-state index in [1.165, 1.54) is 0 Å². The van der Waals surface area contributed by atoms with Gasteiger partial charge in [-0.2, -0.15) is 0 Å². The zero-order valence-corrected chi connectivity index (χ0v) is 14.3. The maximum Gasteiger partial charge on any atom is 0.251 e. The molecule has 0 aliphatic rings. The van der Waals surface area contributed by atoms with Crippen LogP contribution in [-0.2, 0) is 0 Å². The van der Waals surface area contributed by atoms with Crippen LogP contribution < -0.4 is 5.32 Å². The molecule has 0 atom stereocenters. The highest BCUT2D eigenvalue weighted by Crippen LogP contribution is 2.27. The summed E-state index contributed by atoms with van der Waals surface area (Å²) in [5.41, 5.74) is 3.30. The van der Waals surface area contributed by atoms with Crippen LogP contribution in [0.25, 0.3) is 22.6 Å². The summed E-state index contributed by atoms with van der Waals surface area (Å²) in [5.74, 6) is 0.785. The molecular weight excluding hydrogens is 300 g/mol. The minimum Gasteiger partial charge on any atom is -0.352 e. The van der Waals surface area contributed by atoms with Crippen molar-refractivity contribution >= 4 is 17.1 Å². The van der Waals surface area contributed by atoms with Crippen LogP contribution in [0.2, 0.25) is 0 Å². The molecule has 1 N–H and O–H groups in total. The molecule has 24 heavy (non-hydrogen) atoms. The fourth-order valence-electron chi connectivity index (χ4n) is 2.76. The summed E-state index contributed by atoms with van der Waals surface area (Å²) in [6.45, 7) is 6.93. The molecule has 0 bridgehead atoms. The summed E-state index contributed by atoms with van der Waals surface area (Å²) in [4.78, 5) is 21.4. The number of aromatic nitrogens is 3. The average Bonchev–Trinajstić information content (AvgIpc) is 2.99. The number of hydrogen-bond donors (Lipinski definition) is 1. The second-order valence-electron chi connectivity index (χ2n) is 6.08. The maximum atomic E-state index is 12.2. The Morgan fingerprint density at radius 2 is 2.08 bits per heavy atom. The third-order valence-electron chi connectivity index (χ3n) is 3.88. The van der Waals surface area contributed by atoms with E-state index in [0.717, 1.165) is 29.0 Å². The molecule has 1 aromatic carbocycles. The molecule has 5 nitrogen and oxygen atoms in total. The SMILES string of the molecule is CCCNC(=O)c1cccc(-c2nc3cccnc3n2C(C)C)c1. The summed E-state index contributed by atoms with van der Waals surface area (Å²) in [6.07, 6.45) is 2.70. The molecule has 0 fully saturated rings. The molecule has 2 heterocycles. The van der Waals surface area contributed by atoms with Gasteiger partial charge in [0.05, 0.1) is 0 Å². The van der Waals surface area contributed by atoms with Gasteiger partial charge in [-0.3, -0.25) is 4.79 Å². The molecule has 3 aromatic rings. The van der Waals surface area contributed by atoms with E-state index in [9.17, 15) is 4.79 Å². The first kappa shape index (κ1) is 16.2. The Labute approximate surface area is 141 Å². The van der Waals surface area contributed by atoms with Crippen LogP contribution >= 0.6 is 0 Å². The van der Waals surface area contributed by atoms with Gasteiger partial charge in [0.15, 0.2) is 5.65 Å². The molecule has 0 aliphatic carbocycles. The standard InChI is InChI=1S/C19H22N4O/c1-4-10-21-19(24)15-8-5-7-14(12-15)17-22-16-9-6-11-20-18(16)23(17)13(2)3/h5-9,11-13H,4,10H2,1-3H3,(H,21,24). The monoisotopic (exact) mass is 322 g/mol. The zero-order valence-electron chi connectivity index (χ0n) is 14.3. The van der Waals surface area contributed by atoms with Crippen molar-refractivity contribution in [2.24, 2.45) is 0 Å². The molecule has 0 spiro atoms. The molecular formula is C19H22N4O. The van der Waals surface area contributed by atoms with Gasteiger partial charge in [-0.1, -0.05) is 19.1 Å². The lowest BCUT2D eigenvalue weighted by Gasteiger charge is -2.13. The van der Waals surface area contributed by atoms with Gasteiger partial charge >= 0.3 is 0 Å². The first-order valence-electron chi connectivity index (χ1n) is 8.33. The lowest BCUT2D eigenvalue weighted by Crippen LogP contribution is -2.23. The minimum atomic E-state index is -0.0518. The van der Waals surface area contributed by atoms with Crippen LogP contribution in [0.1, 0.15) is 43.6 Å². The number of fused-ring (bicyclic) bond motifs is 1. The number of nitrogens with zero attached hydrogens (tertiary/aromatic N) is 3. The summed E-state index contributed by atoms with van der Waals surface area (Å²) < 4.78 is 2.11. The number of carbonyl (C=O) groups is 1. The second-order valence-corrected chi connectivity index (χ2v) is 6.08. The molecule has 2 aromatic heterocycles. The molecule has 0 aliphatic heterocycles. The van der Waals surface area contributed by atoms with Crippen molar-refractivity contribution in [2.45, 2.75) is 33.2 Å². The fraction of sp³-hybridized carbons (Fsp3) is 0.316. The van der Waals surface area contributed by atoms with Crippen molar-refractivity contribution in [1.29, 1.82) is 0 Å². The maximum absolute atomic E-state index is 12.2. The number of nitrogens with one attached hydrogen (secondary N) is 1. The lowest BCUT2D eigenvalue weighted by atomic mass is 10.1. The molecule has 0 radical (unpaired) electrons. The summed E-state index contributed by atoms with van der Waals surface area (Å²) in [5, 5.41) is 2.91. The van der Waals surface area contributed by atoms with Gasteiger partial charge in [0.1, 0.15) is 11.3 Å². The Hall–Kier alpha value is -2.69. The van der Waals surface area contributed by atoms with Crippen LogP contribution in [0.5, 0.6) is 0 Å². The smallest absolute Gasteiger partial charge is 0.251 e. The molecule has 0 saturated heterocycles. The predicted molar refractivity (Wildman–Crippen MR) is 96.0 cm³/mol. The van der Waals surface area contributed by atoms with Crippen molar-refractivity contribution in [3.63, 3.8) is 0 Å². The number of pyridine rings is 1. The number of hydrogen-bond acceptors (Lipinski definition) is 3. The van der Waals surface area contributed by atoms with E-state index in [2.05, 4.69) is 28.7 Å². The van der Waals surface area contributed by atoms with Crippen molar-refractivity contribution in [3.05, 3.63) is 48.2 Å². The van der Waals surface area contributed by atoms with Gasteiger partial charge in [-0.15, -0.1) is 0 Å². The number of carbonyl (C=O) groups excluding carboxylic acids is 1. The Balaban J connectivity index is 2.08. The molecule has 0 unspecified atom stereocenters. The molecule has 124 valence electrons. The van der Waals surface area contributed by atoms with Gasteiger partial charge in [0.25, 0.3) is 5.91 Å². The Morgan fingerprint density at radius 1 is 1.25 bits per heavy atom. The van der Waals surface area contributed by atoms with Crippen molar-refractivity contribution in [2.75, 3.05) is 6.54 Å². The van der Waals surface area contributed by atoms with Crippen LogP contribution in [0.4, 0.5) is 0 Å². The predicted octanol–water partition coefficient (Wildman–Crippen LogP) is 3.82. The topological polar surface area (TPSA) is 59.8 Å². The van der Waals surface area contributed by atoms with E-state index in [-0.39, 0.29) is 11.9 Å². The minimum absolute atomic E-state index is 0.0518. The molecule has 3 rings (SSSR count). The average molecular weight is 322 g/mol. The third kappa shape index (κ3) is 3.02. The van der Waals surface area contributed by atoms with E-state index in [4.69, 9.17) is 4.98 Å². The molecule has 1 amide bonds. The van der Waals surface area contributed by atoms with Gasteiger partial charge in [-0.25, -0.2) is 9.97 Å². The van der Waals surface area contributed by atoms with Crippen LogP contribution in [0, 0.1) is 0 Å². The first-order chi connectivity index (χ1) is 11.6.